The van der Waals surface area contributed by atoms with Gasteiger partial charge in [-0.1, -0.05) is 36.4 Å². The molecule has 0 bridgehead atoms. The van der Waals surface area contributed by atoms with Crippen molar-refractivity contribution in [3.05, 3.63) is 29.3 Å². The minimum absolute atomic E-state index is 0.0576. The van der Waals surface area contributed by atoms with E-state index in [2.05, 4.69) is 20.5 Å². The molecule has 0 saturated carbocycles. The number of carbonyl (C=O) groups excluding carboxylic acids is 1. The molecular weight excluding hydrogens is 286 g/mol. The smallest absolute Gasteiger partial charge is 0.237 e. The van der Waals surface area contributed by atoms with Crippen molar-refractivity contribution in [2.24, 2.45) is 0 Å². The van der Waals surface area contributed by atoms with Gasteiger partial charge in [0.1, 0.15) is 0 Å². The van der Waals surface area contributed by atoms with Crippen LogP contribution in [-0.4, -0.2) is 26.3 Å². The van der Waals surface area contributed by atoms with E-state index in [1.165, 1.54) is 17.3 Å². The highest BCUT2D eigenvalue weighted by Gasteiger charge is 2.20. The Hall–Kier alpha value is -2.02. The first-order chi connectivity index (χ1) is 9.99. The average molecular weight is 305 g/mol. The molecule has 0 aliphatic carbocycles. The Balaban J connectivity index is 2.06. The molecular formula is C14H19N5OS. The maximum absolute atomic E-state index is 12.4. The van der Waals surface area contributed by atoms with Crippen molar-refractivity contribution in [2.45, 2.75) is 37.6 Å². The number of amides is 1. The van der Waals surface area contributed by atoms with Crippen LogP contribution >= 0.6 is 11.8 Å². The van der Waals surface area contributed by atoms with Gasteiger partial charge in [0.05, 0.1) is 5.25 Å². The zero-order chi connectivity index (χ0) is 15.4. The number of nitrogen functional groups attached to an aromatic ring is 1. The fourth-order valence-corrected chi connectivity index (χ4v) is 2.76. The molecule has 0 aliphatic rings. The van der Waals surface area contributed by atoms with E-state index in [1.54, 1.807) is 0 Å². The minimum Gasteiger partial charge on any atom is -0.368 e. The minimum atomic E-state index is -0.263. The normalized spacial score (nSPS) is 12.1. The molecule has 6 nitrogen and oxygen atoms in total. The van der Waals surface area contributed by atoms with Gasteiger partial charge in [-0.3, -0.25) is 4.79 Å². The molecule has 0 fully saturated rings. The molecule has 112 valence electrons. The highest BCUT2D eigenvalue weighted by molar-refractivity contribution is 8.00. The highest BCUT2D eigenvalue weighted by atomic mass is 32.2. The predicted octanol–water partition coefficient (Wildman–Crippen LogP) is 2.51. The maximum Gasteiger partial charge on any atom is 0.237 e. The molecule has 1 aromatic heterocycles. The van der Waals surface area contributed by atoms with Crippen molar-refractivity contribution >= 4 is 29.3 Å². The van der Waals surface area contributed by atoms with Crippen LogP contribution in [0.5, 0.6) is 0 Å². The van der Waals surface area contributed by atoms with E-state index >= 15 is 0 Å². The van der Waals surface area contributed by atoms with Gasteiger partial charge in [0.2, 0.25) is 17.0 Å². The number of aromatic nitrogens is 3. The Kier molecular flexibility index (Phi) is 4.85. The predicted molar refractivity (Wildman–Crippen MR) is 85.3 cm³/mol. The van der Waals surface area contributed by atoms with Crippen molar-refractivity contribution in [1.82, 2.24) is 15.2 Å². The molecule has 0 saturated heterocycles. The number of nitrogens with zero attached hydrogens (tertiary/aromatic N) is 2. The number of benzene rings is 1. The summed E-state index contributed by atoms with van der Waals surface area (Å²) in [4.78, 5) is 16.4. The summed E-state index contributed by atoms with van der Waals surface area (Å²) < 4.78 is 0. The lowest BCUT2D eigenvalue weighted by Gasteiger charge is -2.14. The number of rotatable bonds is 5. The molecule has 0 aliphatic heterocycles. The molecule has 0 spiro atoms. The number of aryl methyl sites for hydroxylation is 2. The lowest BCUT2D eigenvalue weighted by Crippen LogP contribution is -2.25. The summed E-state index contributed by atoms with van der Waals surface area (Å²) in [6.45, 7) is 5.96. The van der Waals surface area contributed by atoms with Crippen LogP contribution in [0.15, 0.2) is 23.4 Å². The Morgan fingerprint density at radius 1 is 1.48 bits per heavy atom. The molecule has 0 unspecified atom stereocenters. The van der Waals surface area contributed by atoms with Gasteiger partial charge in [-0.2, -0.15) is 4.98 Å². The van der Waals surface area contributed by atoms with Gasteiger partial charge in [0.25, 0.3) is 0 Å². The number of thioether (sulfide) groups is 1. The number of aromatic amines is 1. The number of hydrogen-bond donors (Lipinski definition) is 3. The van der Waals surface area contributed by atoms with Crippen LogP contribution in [0.2, 0.25) is 0 Å². The summed E-state index contributed by atoms with van der Waals surface area (Å²) in [6.07, 6.45) is 0.676. The summed E-state index contributed by atoms with van der Waals surface area (Å²) in [7, 11) is 0. The third-order valence-corrected chi connectivity index (χ3v) is 4.26. The third kappa shape index (κ3) is 3.98. The van der Waals surface area contributed by atoms with Crippen molar-refractivity contribution in [3.63, 3.8) is 0 Å². The van der Waals surface area contributed by atoms with Gasteiger partial charge in [-0.05, 0) is 31.9 Å². The van der Waals surface area contributed by atoms with Crippen LogP contribution in [0, 0.1) is 13.8 Å². The Morgan fingerprint density at radius 2 is 2.24 bits per heavy atom. The lowest BCUT2D eigenvalue weighted by molar-refractivity contribution is -0.115. The molecule has 1 aromatic carbocycles. The van der Waals surface area contributed by atoms with Crippen LogP contribution < -0.4 is 11.1 Å². The van der Waals surface area contributed by atoms with E-state index in [0.29, 0.717) is 11.6 Å². The second kappa shape index (κ2) is 6.62. The number of carbonyl (C=O) groups is 1. The molecule has 2 aromatic rings. The Morgan fingerprint density at radius 3 is 2.81 bits per heavy atom. The molecule has 21 heavy (non-hydrogen) atoms. The van der Waals surface area contributed by atoms with Gasteiger partial charge in [-0.25, -0.2) is 5.10 Å². The quantitative estimate of drug-likeness (QED) is 0.737. The second-order valence-corrected chi connectivity index (χ2v) is 6.00. The van der Waals surface area contributed by atoms with Crippen molar-refractivity contribution in [2.75, 3.05) is 11.1 Å². The standard InChI is InChI=1S/C14H19N5OS/c1-4-11(21-14-17-13(15)18-19-14)12(20)16-10-6-5-8(2)7-9(10)3/h5-7,11H,4H2,1-3H3,(H,16,20)(H3,15,17,18,19)/t11-/m1/s1. The van der Waals surface area contributed by atoms with Crippen LogP contribution in [0.4, 0.5) is 11.6 Å². The monoisotopic (exact) mass is 305 g/mol. The van der Waals surface area contributed by atoms with Gasteiger partial charge in [-0.15, -0.1) is 5.10 Å². The Labute approximate surface area is 127 Å². The van der Waals surface area contributed by atoms with Crippen LogP contribution in [0.25, 0.3) is 0 Å². The summed E-state index contributed by atoms with van der Waals surface area (Å²) in [5, 5.41) is 9.69. The number of nitrogens with one attached hydrogen (secondary N) is 2. The first-order valence-corrected chi connectivity index (χ1v) is 7.60. The number of H-pyrrole nitrogens is 1. The van der Waals surface area contributed by atoms with E-state index in [4.69, 9.17) is 5.73 Å². The van der Waals surface area contributed by atoms with Crippen LogP contribution in [0.1, 0.15) is 24.5 Å². The molecule has 1 atom stereocenters. The molecule has 1 amide bonds. The molecule has 1 heterocycles. The zero-order valence-corrected chi connectivity index (χ0v) is 13.1. The summed E-state index contributed by atoms with van der Waals surface area (Å²) >= 11 is 1.30. The van der Waals surface area contributed by atoms with Gasteiger partial charge >= 0.3 is 0 Å². The fraction of sp³-hybridized carbons (Fsp3) is 0.357. The zero-order valence-electron chi connectivity index (χ0n) is 12.3. The number of anilines is 2. The number of nitrogens with two attached hydrogens (primary N) is 1. The van der Waals surface area contributed by atoms with Gasteiger partial charge in [0.15, 0.2) is 0 Å². The fourth-order valence-electron chi connectivity index (χ4n) is 1.93. The summed E-state index contributed by atoms with van der Waals surface area (Å²) in [5.74, 6) is 0.194. The van der Waals surface area contributed by atoms with Crippen molar-refractivity contribution in [1.29, 1.82) is 0 Å². The number of hydrogen-bond acceptors (Lipinski definition) is 5. The lowest BCUT2D eigenvalue weighted by atomic mass is 10.1. The largest absolute Gasteiger partial charge is 0.368 e. The van der Waals surface area contributed by atoms with Crippen LogP contribution in [-0.2, 0) is 4.79 Å². The first kappa shape index (κ1) is 15.4. The van der Waals surface area contributed by atoms with E-state index in [1.807, 2.05) is 39.0 Å². The second-order valence-electron chi connectivity index (χ2n) is 4.83. The third-order valence-electron chi connectivity index (χ3n) is 3.03. The molecule has 0 radical (unpaired) electrons. The van der Waals surface area contributed by atoms with Crippen molar-refractivity contribution in [3.8, 4) is 0 Å². The molecule has 2 rings (SSSR count). The molecule has 4 N–H and O–H groups in total. The SMILES string of the molecule is CC[C@@H](Sc1n[nH]c(N)n1)C(=O)Nc1ccc(C)cc1C. The summed E-state index contributed by atoms with van der Waals surface area (Å²) in [6, 6.07) is 5.94. The topological polar surface area (TPSA) is 96.7 Å². The van der Waals surface area contributed by atoms with E-state index in [0.717, 1.165) is 11.3 Å². The summed E-state index contributed by atoms with van der Waals surface area (Å²) in [5.41, 5.74) is 8.54. The highest BCUT2D eigenvalue weighted by Crippen LogP contribution is 2.24. The van der Waals surface area contributed by atoms with E-state index < -0.39 is 0 Å². The van der Waals surface area contributed by atoms with E-state index in [9.17, 15) is 4.79 Å². The maximum atomic E-state index is 12.4. The van der Waals surface area contributed by atoms with Crippen LogP contribution in [0.3, 0.4) is 0 Å². The Bertz CT molecular complexity index is 640. The van der Waals surface area contributed by atoms with Crippen molar-refractivity contribution < 1.29 is 4.79 Å². The van der Waals surface area contributed by atoms with Gasteiger partial charge < -0.3 is 11.1 Å². The van der Waals surface area contributed by atoms with Gasteiger partial charge in [0, 0.05) is 5.69 Å². The van der Waals surface area contributed by atoms with E-state index in [-0.39, 0.29) is 17.1 Å². The average Bonchev–Trinajstić information content (AvgIpc) is 2.84. The molecule has 7 heteroatoms. The first-order valence-electron chi connectivity index (χ1n) is 6.72.